The van der Waals surface area contributed by atoms with E-state index in [-0.39, 0.29) is 12.0 Å². The van der Waals surface area contributed by atoms with Crippen LogP contribution in [0.5, 0.6) is 5.75 Å². The molecule has 0 spiro atoms. The Bertz CT molecular complexity index is 827. The fraction of sp³-hybridized carbons (Fsp3) is 0.412. The maximum atomic E-state index is 12.1. The normalized spacial score (nSPS) is 20.8. The molecule has 0 saturated carbocycles. The molecule has 1 aromatic rings. The number of nitrogens with zero attached hydrogens (tertiary/aromatic N) is 2. The second-order valence-corrected chi connectivity index (χ2v) is 7.79. The molecule has 28 heavy (non-hydrogen) atoms. The van der Waals surface area contributed by atoms with Crippen molar-refractivity contribution in [2.75, 3.05) is 7.11 Å². The number of carbonyl (C=O) groups excluding carboxylic acids is 2. The summed E-state index contributed by atoms with van der Waals surface area (Å²) in [5, 5.41) is 13.2. The van der Waals surface area contributed by atoms with Crippen molar-refractivity contribution < 1.29 is 33.0 Å². The third-order valence-electron chi connectivity index (χ3n) is 4.49. The van der Waals surface area contributed by atoms with Crippen molar-refractivity contribution in [3.05, 3.63) is 29.8 Å². The van der Waals surface area contributed by atoms with Crippen LogP contribution in [0, 0.1) is 0 Å². The number of amides is 2. The van der Waals surface area contributed by atoms with Gasteiger partial charge in [0.15, 0.2) is 6.04 Å². The molecule has 11 heteroatoms. The van der Waals surface area contributed by atoms with Gasteiger partial charge in [0, 0.05) is 24.2 Å². The van der Waals surface area contributed by atoms with Gasteiger partial charge in [-0.2, -0.15) is 5.10 Å². The molecule has 10 nitrogen and oxygen atoms in total. The number of β-lactam (4-membered cyclic amide) rings is 1. The van der Waals surface area contributed by atoms with E-state index in [4.69, 9.17) is 4.74 Å². The van der Waals surface area contributed by atoms with E-state index in [1.54, 1.807) is 19.1 Å². The quantitative estimate of drug-likeness (QED) is 0.268. The number of benzene rings is 1. The molecule has 1 aliphatic rings. The molecule has 0 radical (unpaired) electrons. The number of carboxylic acids is 1. The molecule has 4 atom stereocenters. The van der Waals surface area contributed by atoms with Gasteiger partial charge in [-0.15, -0.1) is 0 Å². The first-order chi connectivity index (χ1) is 13.1. The van der Waals surface area contributed by atoms with Gasteiger partial charge in [0.2, 0.25) is 5.91 Å². The molecule has 1 aliphatic heterocycles. The van der Waals surface area contributed by atoms with E-state index < -0.39 is 45.7 Å². The number of likely N-dealkylation sites (tertiary alicyclic amines) is 1. The lowest BCUT2D eigenvalue weighted by molar-refractivity contribution is -0.161. The second kappa shape index (κ2) is 8.48. The van der Waals surface area contributed by atoms with Crippen LogP contribution in [-0.2, 0) is 20.7 Å². The molecule has 0 bridgehead atoms. The average molecular weight is 410 g/mol. The van der Waals surface area contributed by atoms with E-state index in [0.29, 0.717) is 5.75 Å². The SMILES string of the molecule is COc1ccc(C(=O)N/N=C/[C@@](C)([C@H](C(=O)O)N2C(=O)C[C@H]2C)S(=O)[O-])cc1. The van der Waals surface area contributed by atoms with Crippen LogP contribution < -0.4 is 10.2 Å². The molecule has 152 valence electrons. The highest BCUT2D eigenvalue weighted by Crippen LogP contribution is 2.30. The smallest absolute Gasteiger partial charge is 0.328 e. The van der Waals surface area contributed by atoms with Crippen molar-refractivity contribution in [1.29, 1.82) is 0 Å². The van der Waals surface area contributed by atoms with Gasteiger partial charge in [0.25, 0.3) is 5.91 Å². The fourth-order valence-electron chi connectivity index (χ4n) is 2.86. The Kier molecular flexibility index (Phi) is 6.52. The first-order valence-corrected chi connectivity index (χ1v) is 9.31. The van der Waals surface area contributed by atoms with E-state index in [1.165, 1.54) is 19.2 Å². The lowest BCUT2D eigenvalue weighted by atomic mass is 9.92. The molecular weight excluding hydrogens is 390 g/mol. The summed E-state index contributed by atoms with van der Waals surface area (Å²) >= 11 is -2.94. The molecule has 1 saturated heterocycles. The van der Waals surface area contributed by atoms with Crippen molar-refractivity contribution in [1.82, 2.24) is 10.3 Å². The molecule has 0 aromatic heterocycles. The van der Waals surface area contributed by atoms with E-state index in [0.717, 1.165) is 18.0 Å². The minimum absolute atomic E-state index is 0.136. The van der Waals surface area contributed by atoms with E-state index in [2.05, 4.69) is 10.5 Å². The zero-order valence-electron chi connectivity index (χ0n) is 15.4. The van der Waals surface area contributed by atoms with Crippen LogP contribution in [0.2, 0.25) is 0 Å². The number of ether oxygens (including phenoxy) is 1. The third kappa shape index (κ3) is 4.20. The summed E-state index contributed by atoms with van der Waals surface area (Å²) in [6.45, 7) is 2.74. The summed E-state index contributed by atoms with van der Waals surface area (Å²) in [7, 11) is 1.48. The van der Waals surface area contributed by atoms with Crippen LogP contribution >= 0.6 is 0 Å². The summed E-state index contributed by atoms with van der Waals surface area (Å²) in [4.78, 5) is 36.6. The van der Waals surface area contributed by atoms with Crippen LogP contribution in [0.3, 0.4) is 0 Å². The fourth-order valence-corrected chi connectivity index (χ4v) is 3.39. The molecule has 0 aliphatic carbocycles. The molecule has 1 unspecified atom stereocenters. The van der Waals surface area contributed by atoms with Crippen LogP contribution in [0.15, 0.2) is 29.4 Å². The molecule has 1 fully saturated rings. The minimum Gasteiger partial charge on any atom is -0.772 e. The Hall–Kier alpha value is -2.79. The van der Waals surface area contributed by atoms with Crippen molar-refractivity contribution in [2.24, 2.45) is 5.10 Å². The summed E-state index contributed by atoms with van der Waals surface area (Å²) in [6.07, 6.45) is 0.950. The number of methoxy groups -OCH3 is 1. The van der Waals surface area contributed by atoms with Gasteiger partial charge in [0.1, 0.15) is 5.75 Å². The lowest BCUT2D eigenvalue weighted by Gasteiger charge is -2.48. The Balaban J connectivity index is 2.21. The molecule has 2 amide bonds. The van der Waals surface area contributed by atoms with Crippen LogP contribution in [0.25, 0.3) is 0 Å². The number of hydrazone groups is 1. The number of carbonyl (C=O) groups is 3. The zero-order chi connectivity index (χ0) is 21.1. The monoisotopic (exact) mass is 410 g/mol. The number of carboxylic acid groups (broad SMARTS) is 1. The predicted molar refractivity (Wildman–Crippen MR) is 98.6 cm³/mol. The summed E-state index contributed by atoms with van der Waals surface area (Å²) < 4.78 is 26.6. The topological polar surface area (TPSA) is 148 Å². The van der Waals surface area contributed by atoms with Crippen molar-refractivity contribution >= 4 is 35.1 Å². The van der Waals surface area contributed by atoms with Gasteiger partial charge in [-0.25, -0.2) is 10.2 Å². The maximum Gasteiger partial charge on any atom is 0.328 e. The van der Waals surface area contributed by atoms with Crippen LogP contribution in [0.1, 0.15) is 30.6 Å². The highest BCUT2D eigenvalue weighted by Gasteiger charge is 2.51. The Morgan fingerprint density at radius 1 is 1.46 bits per heavy atom. The number of rotatable bonds is 8. The summed E-state index contributed by atoms with van der Waals surface area (Å²) in [5.41, 5.74) is 2.40. The Labute approximate surface area is 163 Å². The van der Waals surface area contributed by atoms with Crippen molar-refractivity contribution in [2.45, 2.75) is 37.1 Å². The minimum atomic E-state index is -2.94. The van der Waals surface area contributed by atoms with Crippen molar-refractivity contribution in [3.63, 3.8) is 0 Å². The third-order valence-corrected chi connectivity index (χ3v) is 5.53. The largest absolute Gasteiger partial charge is 0.772 e. The number of hydrogen-bond acceptors (Lipinski definition) is 7. The summed E-state index contributed by atoms with van der Waals surface area (Å²) in [5.74, 6) is -2.03. The summed E-state index contributed by atoms with van der Waals surface area (Å²) in [6, 6.07) is 3.99. The van der Waals surface area contributed by atoms with Crippen LogP contribution in [-0.4, -0.2) is 66.7 Å². The highest BCUT2D eigenvalue weighted by atomic mass is 32.2. The lowest BCUT2D eigenvalue weighted by Crippen LogP contribution is -2.67. The average Bonchev–Trinajstić information content (AvgIpc) is 2.65. The molecule has 2 rings (SSSR count). The maximum absolute atomic E-state index is 12.1. The van der Waals surface area contributed by atoms with Crippen LogP contribution in [0.4, 0.5) is 0 Å². The highest BCUT2D eigenvalue weighted by molar-refractivity contribution is 7.81. The van der Waals surface area contributed by atoms with Crippen molar-refractivity contribution in [3.8, 4) is 5.75 Å². The Morgan fingerprint density at radius 2 is 2.07 bits per heavy atom. The number of aliphatic carboxylic acids is 1. The number of nitrogens with one attached hydrogen (secondary N) is 1. The van der Waals surface area contributed by atoms with Gasteiger partial charge < -0.3 is 19.3 Å². The van der Waals surface area contributed by atoms with Gasteiger partial charge in [-0.1, -0.05) is 0 Å². The first kappa shape index (κ1) is 21.5. The van der Waals surface area contributed by atoms with E-state index >= 15 is 0 Å². The number of hydrogen-bond donors (Lipinski definition) is 2. The first-order valence-electron chi connectivity index (χ1n) is 8.23. The standard InChI is InChI=1S/C17H21N3O7S/c1-10-8-13(21)20(10)14(16(23)24)17(2,28(25)26)9-18-19-15(22)11-4-6-12(27-3)7-5-11/h4-7,9-10,14H,8H2,1-3H3,(H,19,22)(H,23,24)(H,25,26)/p-1/b18-9+/t10-,14+,17+/m1/s1. The molecule has 1 heterocycles. The Morgan fingerprint density at radius 3 is 2.50 bits per heavy atom. The predicted octanol–water partition coefficient (Wildman–Crippen LogP) is 0.123. The zero-order valence-corrected chi connectivity index (χ0v) is 16.3. The van der Waals surface area contributed by atoms with Gasteiger partial charge >= 0.3 is 5.97 Å². The van der Waals surface area contributed by atoms with Gasteiger partial charge in [-0.3, -0.25) is 13.8 Å². The van der Waals surface area contributed by atoms with E-state index in [1.807, 2.05) is 0 Å². The van der Waals surface area contributed by atoms with Gasteiger partial charge in [-0.05, 0) is 49.2 Å². The molecule has 2 N–H and O–H groups in total. The van der Waals surface area contributed by atoms with E-state index in [9.17, 15) is 28.3 Å². The second-order valence-electron chi connectivity index (χ2n) is 6.44. The van der Waals surface area contributed by atoms with Gasteiger partial charge in [0.05, 0.1) is 11.9 Å². The molecular formula is C17H20N3O7S-. The molecule has 1 aromatic carbocycles.